The van der Waals surface area contributed by atoms with Crippen LogP contribution in [-0.2, 0) is 6.18 Å². The molecule has 1 aliphatic heterocycles. The molecule has 5 nitrogen and oxygen atoms in total. The maximum Gasteiger partial charge on any atom is 0.416 e. The lowest BCUT2D eigenvalue weighted by Gasteiger charge is -2.33. The number of amides is 1. The number of nitrogens with one attached hydrogen (secondary N) is 1. The standard InChI is InChI=1S/C22H25F3N4O/c1-16-6-2-3-11-28(16)12-5-10-27-21(30)20-17(15-26)9-13-29(20)19-8-4-7-18(14-19)22(23,24)25/h4,7-9,13-14,16H,2-3,5-6,10-12H2,1H3,(H,27,30). The van der Waals surface area contributed by atoms with Crippen molar-refractivity contribution in [2.75, 3.05) is 19.6 Å². The Labute approximate surface area is 174 Å². The highest BCUT2D eigenvalue weighted by Gasteiger charge is 2.31. The Morgan fingerprint density at radius 1 is 1.30 bits per heavy atom. The Balaban J connectivity index is 1.70. The average Bonchev–Trinajstić information content (AvgIpc) is 3.16. The lowest BCUT2D eigenvalue weighted by atomic mass is 10.0. The summed E-state index contributed by atoms with van der Waals surface area (Å²) in [4.78, 5) is 15.2. The van der Waals surface area contributed by atoms with Crippen molar-refractivity contribution in [3.63, 3.8) is 0 Å². The predicted octanol–water partition coefficient (Wildman–Crippen LogP) is 4.36. The van der Waals surface area contributed by atoms with Crippen LogP contribution in [0.1, 0.15) is 54.2 Å². The van der Waals surface area contributed by atoms with Gasteiger partial charge in [0, 0.05) is 31.0 Å². The van der Waals surface area contributed by atoms with Gasteiger partial charge in [-0.1, -0.05) is 12.5 Å². The first-order chi connectivity index (χ1) is 14.3. The summed E-state index contributed by atoms with van der Waals surface area (Å²) < 4.78 is 40.5. The number of aromatic nitrogens is 1. The van der Waals surface area contributed by atoms with Gasteiger partial charge in [-0.05, 0) is 57.0 Å². The molecule has 1 aromatic heterocycles. The van der Waals surface area contributed by atoms with Crippen LogP contribution in [0, 0.1) is 11.3 Å². The van der Waals surface area contributed by atoms with E-state index in [0.29, 0.717) is 12.6 Å². The highest BCUT2D eigenvalue weighted by Crippen LogP contribution is 2.31. The van der Waals surface area contributed by atoms with E-state index in [1.807, 2.05) is 6.07 Å². The molecule has 3 rings (SSSR count). The summed E-state index contributed by atoms with van der Waals surface area (Å²) in [6.45, 7) is 4.58. The van der Waals surface area contributed by atoms with Gasteiger partial charge in [-0.2, -0.15) is 18.4 Å². The molecule has 1 atom stereocenters. The molecule has 0 spiro atoms. The number of carbonyl (C=O) groups is 1. The molecule has 2 heterocycles. The van der Waals surface area contributed by atoms with Crippen LogP contribution in [0.15, 0.2) is 36.5 Å². The third kappa shape index (κ3) is 5.03. The minimum atomic E-state index is -4.49. The van der Waals surface area contributed by atoms with Gasteiger partial charge in [-0.3, -0.25) is 4.79 Å². The van der Waals surface area contributed by atoms with Crippen LogP contribution < -0.4 is 5.32 Å². The van der Waals surface area contributed by atoms with E-state index in [2.05, 4.69) is 17.1 Å². The molecule has 160 valence electrons. The number of piperidine rings is 1. The molecule has 1 saturated heterocycles. The number of alkyl halides is 3. The summed E-state index contributed by atoms with van der Waals surface area (Å²) in [5.41, 5.74) is -0.467. The molecule has 0 aliphatic carbocycles. The van der Waals surface area contributed by atoms with Crippen LogP contribution in [0.3, 0.4) is 0 Å². The Kier molecular flexibility index (Phi) is 6.83. The zero-order valence-corrected chi connectivity index (χ0v) is 16.9. The van der Waals surface area contributed by atoms with Gasteiger partial charge >= 0.3 is 6.18 Å². The minimum absolute atomic E-state index is 0.0446. The number of benzene rings is 1. The number of hydrogen-bond acceptors (Lipinski definition) is 3. The normalized spacial score (nSPS) is 17.5. The van der Waals surface area contributed by atoms with Crippen molar-refractivity contribution in [1.82, 2.24) is 14.8 Å². The molecule has 30 heavy (non-hydrogen) atoms. The molecule has 1 aliphatic rings. The fourth-order valence-corrected chi connectivity index (χ4v) is 3.86. The van der Waals surface area contributed by atoms with Crippen molar-refractivity contribution in [3.05, 3.63) is 53.3 Å². The summed E-state index contributed by atoms with van der Waals surface area (Å²) in [6, 6.07) is 8.62. The van der Waals surface area contributed by atoms with Crippen molar-refractivity contribution >= 4 is 5.91 Å². The second-order valence-corrected chi connectivity index (χ2v) is 7.60. The SMILES string of the molecule is CC1CCCCN1CCCNC(=O)c1c(C#N)ccn1-c1cccc(C(F)(F)F)c1. The van der Waals surface area contributed by atoms with Crippen LogP contribution in [0.5, 0.6) is 0 Å². The summed E-state index contributed by atoms with van der Waals surface area (Å²) in [6.07, 6.45) is 1.34. The van der Waals surface area contributed by atoms with Gasteiger partial charge in [0.25, 0.3) is 5.91 Å². The largest absolute Gasteiger partial charge is 0.416 e. The molecular weight excluding hydrogens is 393 g/mol. The lowest BCUT2D eigenvalue weighted by molar-refractivity contribution is -0.137. The lowest BCUT2D eigenvalue weighted by Crippen LogP contribution is -2.39. The van der Waals surface area contributed by atoms with E-state index in [1.54, 1.807) is 0 Å². The van der Waals surface area contributed by atoms with Crippen molar-refractivity contribution < 1.29 is 18.0 Å². The number of nitrogens with zero attached hydrogens (tertiary/aromatic N) is 3. The predicted molar refractivity (Wildman–Crippen MR) is 107 cm³/mol. The monoisotopic (exact) mass is 418 g/mol. The van der Waals surface area contributed by atoms with E-state index < -0.39 is 17.6 Å². The summed E-state index contributed by atoms with van der Waals surface area (Å²) >= 11 is 0. The van der Waals surface area contributed by atoms with Crippen LogP contribution in [0.4, 0.5) is 13.2 Å². The van der Waals surface area contributed by atoms with Gasteiger partial charge in [0.05, 0.1) is 11.1 Å². The molecule has 1 amide bonds. The maximum absolute atomic E-state index is 13.1. The van der Waals surface area contributed by atoms with E-state index in [1.165, 1.54) is 48.2 Å². The zero-order chi connectivity index (χ0) is 21.7. The van der Waals surface area contributed by atoms with Crippen molar-refractivity contribution in [1.29, 1.82) is 5.26 Å². The quantitative estimate of drug-likeness (QED) is 0.709. The molecule has 1 fully saturated rings. The summed E-state index contributed by atoms with van der Waals surface area (Å²) in [5, 5.41) is 12.2. The Morgan fingerprint density at radius 3 is 2.80 bits per heavy atom. The van der Waals surface area contributed by atoms with E-state index >= 15 is 0 Å². The summed E-state index contributed by atoms with van der Waals surface area (Å²) in [7, 11) is 0. The number of halogens is 3. The molecule has 0 radical (unpaired) electrons. The van der Waals surface area contributed by atoms with E-state index in [-0.39, 0.29) is 16.9 Å². The Morgan fingerprint density at radius 2 is 2.10 bits per heavy atom. The minimum Gasteiger partial charge on any atom is -0.351 e. The second-order valence-electron chi connectivity index (χ2n) is 7.60. The molecule has 1 aromatic carbocycles. The average molecular weight is 418 g/mol. The van der Waals surface area contributed by atoms with Gasteiger partial charge in [0.15, 0.2) is 0 Å². The highest BCUT2D eigenvalue weighted by atomic mass is 19.4. The van der Waals surface area contributed by atoms with Crippen molar-refractivity contribution in [3.8, 4) is 11.8 Å². The molecule has 1 N–H and O–H groups in total. The van der Waals surface area contributed by atoms with E-state index in [4.69, 9.17) is 0 Å². The topological polar surface area (TPSA) is 61.1 Å². The number of rotatable bonds is 6. The van der Waals surface area contributed by atoms with Crippen molar-refractivity contribution in [2.45, 2.75) is 44.8 Å². The van der Waals surface area contributed by atoms with Gasteiger partial charge in [0.2, 0.25) is 0 Å². The number of nitriles is 1. The molecule has 2 aromatic rings. The molecule has 1 unspecified atom stereocenters. The fourth-order valence-electron chi connectivity index (χ4n) is 3.86. The third-order valence-corrected chi connectivity index (χ3v) is 5.52. The smallest absolute Gasteiger partial charge is 0.351 e. The Bertz CT molecular complexity index is 929. The van der Waals surface area contributed by atoms with Gasteiger partial charge < -0.3 is 14.8 Å². The highest BCUT2D eigenvalue weighted by molar-refractivity contribution is 5.95. The van der Waals surface area contributed by atoms with Crippen molar-refractivity contribution in [2.24, 2.45) is 0 Å². The van der Waals surface area contributed by atoms with Gasteiger partial charge in [-0.15, -0.1) is 0 Å². The van der Waals surface area contributed by atoms with Crippen LogP contribution in [0.2, 0.25) is 0 Å². The molecule has 0 saturated carbocycles. The maximum atomic E-state index is 13.1. The second kappa shape index (κ2) is 9.35. The summed E-state index contributed by atoms with van der Waals surface area (Å²) in [5.74, 6) is -0.472. The van der Waals surface area contributed by atoms with E-state index in [9.17, 15) is 23.2 Å². The first-order valence-electron chi connectivity index (χ1n) is 10.1. The zero-order valence-electron chi connectivity index (χ0n) is 16.9. The molecule has 0 bridgehead atoms. The molecule has 8 heteroatoms. The van der Waals surface area contributed by atoms with Crippen LogP contribution in [0.25, 0.3) is 5.69 Å². The van der Waals surface area contributed by atoms with Crippen LogP contribution >= 0.6 is 0 Å². The number of likely N-dealkylation sites (tertiary alicyclic amines) is 1. The van der Waals surface area contributed by atoms with Gasteiger partial charge in [0.1, 0.15) is 11.8 Å². The third-order valence-electron chi connectivity index (χ3n) is 5.52. The van der Waals surface area contributed by atoms with Crippen LogP contribution in [-0.4, -0.2) is 41.1 Å². The number of hydrogen-bond donors (Lipinski definition) is 1. The number of carbonyl (C=O) groups excluding carboxylic acids is 1. The Hall–Kier alpha value is -2.79. The van der Waals surface area contributed by atoms with E-state index in [0.717, 1.165) is 31.6 Å². The fraction of sp³-hybridized carbons (Fsp3) is 0.455. The first kappa shape index (κ1) is 21.9. The first-order valence-corrected chi connectivity index (χ1v) is 10.1. The van der Waals surface area contributed by atoms with Gasteiger partial charge in [-0.25, -0.2) is 0 Å². The molecular formula is C22H25F3N4O.